The number of benzene rings is 1. The van der Waals surface area contributed by atoms with Gasteiger partial charge in [-0.2, -0.15) is 5.26 Å². The lowest BCUT2D eigenvalue weighted by Crippen LogP contribution is -2.30. The highest BCUT2D eigenvalue weighted by atomic mass is 16.2. The maximum absolute atomic E-state index is 11.4. The molecule has 3 amide bonds. The zero-order chi connectivity index (χ0) is 11.5. The van der Waals surface area contributed by atoms with Crippen LogP contribution in [0.25, 0.3) is 0 Å². The number of nitriles is 1. The Kier molecular flexibility index (Phi) is 2.56. The second kappa shape index (κ2) is 4.03. The molecule has 0 saturated carbocycles. The van der Waals surface area contributed by atoms with Crippen molar-refractivity contribution in [1.82, 2.24) is 5.32 Å². The van der Waals surface area contributed by atoms with Crippen LogP contribution < -0.4 is 10.2 Å². The monoisotopic (exact) mass is 215 g/mol. The second-order valence-electron chi connectivity index (χ2n) is 3.39. The molecule has 0 bridgehead atoms. The third-order valence-corrected chi connectivity index (χ3v) is 2.32. The molecule has 16 heavy (non-hydrogen) atoms. The Morgan fingerprint density at radius 1 is 1.31 bits per heavy atom. The number of rotatable bonds is 2. The van der Waals surface area contributed by atoms with E-state index in [4.69, 9.17) is 5.26 Å². The van der Waals surface area contributed by atoms with Gasteiger partial charge in [-0.1, -0.05) is 12.1 Å². The average Bonchev–Trinajstić information content (AvgIpc) is 2.61. The van der Waals surface area contributed by atoms with Crippen LogP contribution in [-0.4, -0.2) is 18.5 Å². The lowest BCUT2D eigenvalue weighted by molar-refractivity contribution is -0.115. The van der Waals surface area contributed by atoms with Crippen molar-refractivity contribution >= 4 is 17.6 Å². The first-order valence-corrected chi connectivity index (χ1v) is 4.79. The van der Waals surface area contributed by atoms with Gasteiger partial charge in [-0.25, -0.2) is 9.69 Å². The summed E-state index contributed by atoms with van der Waals surface area (Å²) in [5.74, 6) is -0.266. The van der Waals surface area contributed by atoms with Crippen molar-refractivity contribution in [1.29, 1.82) is 5.26 Å². The van der Waals surface area contributed by atoms with Gasteiger partial charge in [0, 0.05) is 0 Å². The molecule has 1 fully saturated rings. The first-order chi connectivity index (χ1) is 7.72. The molecule has 1 aliphatic heterocycles. The van der Waals surface area contributed by atoms with Crippen molar-refractivity contribution in [2.45, 2.75) is 6.42 Å². The van der Waals surface area contributed by atoms with Crippen molar-refractivity contribution in [3.05, 3.63) is 29.8 Å². The summed E-state index contributed by atoms with van der Waals surface area (Å²) in [5, 5.41) is 10.9. The van der Waals surface area contributed by atoms with Crippen molar-refractivity contribution in [3.8, 4) is 6.07 Å². The van der Waals surface area contributed by atoms with Crippen molar-refractivity contribution in [2.24, 2.45) is 0 Å². The highest BCUT2D eigenvalue weighted by Gasteiger charge is 2.29. The summed E-state index contributed by atoms with van der Waals surface area (Å²) in [7, 11) is 0. The molecule has 1 aliphatic rings. The summed E-state index contributed by atoms with van der Waals surface area (Å²) in [6.07, 6.45) is 0.320. The van der Waals surface area contributed by atoms with Crippen molar-refractivity contribution in [2.75, 3.05) is 11.4 Å². The number of carbonyl (C=O) groups excluding carboxylic acids is 2. The van der Waals surface area contributed by atoms with Crippen molar-refractivity contribution < 1.29 is 9.59 Å². The van der Waals surface area contributed by atoms with Crippen LogP contribution in [0.15, 0.2) is 24.3 Å². The molecule has 5 nitrogen and oxygen atoms in total. The smallest absolute Gasteiger partial charge is 0.328 e. The number of hydrogen-bond acceptors (Lipinski definition) is 3. The predicted molar refractivity (Wildman–Crippen MR) is 56.6 cm³/mol. The Morgan fingerprint density at radius 3 is 2.50 bits per heavy atom. The largest absolute Gasteiger partial charge is 0.329 e. The van der Waals surface area contributed by atoms with Crippen LogP contribution in [0, 0.1) is 11.3 Å². The van der Waals surface area contributed by atoms with E-state index in [9.17, 15) is 9.59 Å². The fourth-order valence-electron chi connectivity index (χ4n) is 1.54. The second-order valence-corrected chi connectivity index (χ2v) is 3.39. The number of hydrogen-bond donors (Lipinski definition) is 1. The molecule has 1 aromatic carbocycles. The Hall–Kier alpha value is -2.35. The summed E-state index contributed by atoms with van der Waals surface area (Å²) in [5.41, 5.74) is 1.39. The molecule has 1 aromatic rings. The van der Waals surface area contributed by atoms with Gasteiger partial charge >= 0.3 is 6.03 Å². The molecule has 2 rings (SSSR count). The third-order valence-electron chi connectivity index (χ3n) is 2.32. The molecule has 0 radical (unpaired) electrons. The minimum atomic E-state index is -0.405. The lowest BCUT2D eigenvalue weighted by atomic mass is 10.1. The molecule has 5 heteroatoms. The van der Waals surface area contributed by atoms with E-state index in [0.717, 1.165) is 10.5 Å². The van der Waals surface area contributed by atoms with Crippen LogP contribution in [0.2, 0.25) is 0 Å². The first-order valence-electron chi connectivity index (χ1n) is 4.79. The maximum atomic E-state index is 11.4. The van der Waals surface area contributed by atoms with E-state index >= 15 is 0 Å². The molecule has 0 atom stereocenters. The van der Waals surface area contributed by atoms with Crippen LogP contribution in [0.1, 0.15) is 5.56 Å². The predicted octanol–water partition coefficient (Wildman–Crippen LogP) is 0.809. The normalized spacial score (nSPS) is 14.8. The van der Waals surface area contributed by atoms with Crippen LogP contribution in [0.5, 0.6) is 0 Å². The summed E-state index contributed by atoms with van der Waals surface area (Å²) >= 11 is 0. The molecule has 0 aromatic heterocycles. The molecule has 1 heterocycles. The van der Waals surface area contributed by atoms with Gasteiger partial charge in [0.15, 0.2) is 0 Å². The van der Waals surface area contributed by atoms with E-state index in [2.05, 4.69) is 5.32 Å². The molecule has 0 unspecified atom stereocenters. The third kappa shape index (κ3) is 1.73. The lowest BCUT2D eigenvalue weighted by Gasteiger charge is -2.12. The van der Waals surface area contributed by atoms with Gasteiger partial charge in [0.2, 0.25) is 0 Å². The van der Waals surface area contributed by atoms with E-state index in [1.54, 1.807) is 24.3 Å². The van der Waals surface area contributed by atoms with E-state index in [1.165, 1.54) is 0 Å². The summed E-state index contributed by atoms with van der Waals surface area (Å²) in [6, 6.07) is 8.42. The molecular formula is C11H9N3O2. The Bertz CT molecular complexity index is 457. The highest BCUT2D eigenvalue weighted by molar-refractivity contribution is 6.19. The Balaban J connectivity index is 2.25. The minimum Gasteiger partial charge on any atom is -0.328 e. The summed E-state index contributed by atoms with van der Waals surface area (Å²) in [4.78, 5) is 23.8. The zero-order valence-electron chi connectivity index (χ0n) is 8.43. The minimum absolute atomic E-state index is 0.0405. The van der Waals surface area contributed by atoms with E-state index in [-0.39, 0.29) is 12.5 Å². The van der Waals surface area contributed by atoms with Gasteiger partial charge in [0.1, 0.15) is 0 Å². The fraction of sp³-hybridized carbons (Fsp3) is 0.182. The van der Waals surface area contributed by atoms with E-state index < -0.39 is 6.03 Å². The Labute approximate surface area is 92.3 Å². The standard InChI is InChI=1S/C11H9N3O2/c12-6-5-8-1-3-9(4-2-8)14-10(15)7-13-11(14)16/h1-4H,5,7H2,(H,13,16). The van der Waals surface area contributed by atoms with Crippen LogP contribution in [0.3, 0.4) is 0 Å². The van der Waals surface area contributed by atoms with Gasteiger partial charge < -0.3 is 5.32 Å². The number of urea groups is 1. The number of amides is 3. The number of imide groups is 1. The topological polar surface area (TPSA) is 73.2 Å². The van der Waals surface area contributed by atoms with Crippen LogP contribution in [0.4, 0.5) is 10.5 Å². The van der Waals surface area contributed by atoms with Gasteiger partial charge in [-0.05, 0) is 17.7 Å². The number of nitrogens with one attached hydrogen (secondary N) is 1. The molecular weight excluding hydrogens is 206 g/mol. The maximum Gasteiger partial charge on any atom is 0.329 e. The quantitative estimate of drug-likeness (QED) is 0.742. The average molecular weight is 215 g/mol. The van der Waals surface area contributed by atoms with Gasteiger partial charge in [0.25, 0.3) is 5.91 Å². The SMILES string of the molecule is N#CCc1ccc(N2C(=O)CNC2=O)cc1. The summed E-state index contributed by atoms with van der Waals surface area (Å²) in [6.45, 7) is 0.0405. The van der Waals surface area contributed by atoms with Gasteiger partial charge in [-0.3, -0.25) is 4.79 Å². The first kappa shape index (κ1) is 10.2. The molecule has 0 aliphatic carbocycles. The number of anilines is 1. The fourth-order valence-corrected chi connectivity index (χ4v) is 1.54. The number of nitrogens with zero attached hydrogens (tertiary/aromatic N) is 2. The van der Waals surface area contributed by atoms with Crippen LogP contribution >= 0.6 is 0 Å². The van der Waals surface area contributed by atoms with Crippen LogP contribution in [-0.2, 0) is 11.2 Å². The van der Waals surface area contributed by atoms with Gasteiger partial charge in [0.05, 0.1) is 24.7 Å². The zero-order valence-corrected chi connectivity index (χ0v) is 8.43. The molecule has 0 spiro atoms. The van der Waals surface area contributed by atoms with E-state index in [0.29, 0.717) is 12.1 Å². The summed E-state index contributed by atoms with van der Waals surface area (Å²) < 4.78 is 0. The molecule has 1 saturated heterocycles. The number of carbonyl (C=O) groups is 2. The molecule has 1 N–H and O–H groups in total. The van der Waals surface area contributed by atoms with Gasteiger partial charge in [-0.15, -0.1) is 0 Å². The Morgan fingerprint density at radius 2 is 2.00 bits per heavy atom. The van der Waals surface area contributed by atoms with E-state index in [1.807, 2.05) is 6.07 Å². The molecule has 80 valence electrons. The van der Waals surface area contributed by atoms with Crippen molar-refractivity contribution in [3.63, 3.8) is 0 Å². The highest BCUT2D eigenvalue weighted by Crippen LogP contribution is 2.18.